The number of rotatable bonds is 5. The third-order valence-corrected chi connectivity index (χ3v) is 4.92. The van der Waals surface area contributed by atoms with Gasteiger partial charge in [0.1, 0.15) is 5.82 Å². The fourth-order valence-electron chi connectivity index (χ4n) is 3.33. The Kier molecular flexibility index (Phi) is 5.34. The van der Waals surface area contributed by atoms with Crippen molar-refractivity contribution in [3.05, 3.63) is 47.8 Å². The van der Waals surface area contributed by atoms with Crippen molar-refractivity contribution >= 4 is 23.7 Å². The minimum absolute atomic E-state index is 0.178. The predicted molar refractivity (Wildman–Crippen MR) is 102 cm³/mol. The molecule has 148 valence electrons. The number of dihydropyridines is 1. The normalized spacial score (nSPS) is 24.6. The lowest BCUT2D eigenvalue weighted by atomic mass is 9.82. The maximum absolute atomic E-state index is 12.5. The number of carboxylic acids is 1. The van der Waals surface area contributed by atoms with Gasteiger partial charge in [0.2, 0.25) is 5.91 Å². The zero-order valence-electron chi connectivity index (χ0n) is 15.6. The van der Waals surface area contributed by atoms with Gasteiger partial charge in [0.15, 0.2) is 6.04 Å². The third kappa shape index (κ3) is 3.83. The number of hydrogen-bond acceptors (Lipinski definition) is 6. The Labute approximate surface area is 162 Å². The number of aromatic nitrogens is 1. The second-order valence-corrected chi connectivity index (χ2v) is 7.02. The molecule has 4 atom stereocenters. The number of hydrogen-bond donors (Lipinski definition) is 4. The van der Waals surface area contributed by atoms with E-state index in [1.54, 1.807) is 25.3 Å². The largest absolute Gasteiger partial charge is 0.480 e. The van der Waals surface area contributed by atoms with Crippen LogP contribution in [-0.4, -0.2) is 51.0 Å². The number of nitrogens with two attached hydrogens (primary N) is 1. The van der Waals surface area contributed by atoms with E-state index < -0.39 is 29.9 Å². The van der Waals surface area contributed by atoms with E-state index in [1.165, 1.54) is 6.20 Å². The molecular formula is C19H23N5O4. The van der Waals surface area contributed by atoms with Crippen LogP contribution in [-0.2, 0) is 16.0 Å². The molecule has 3 rings (SSSR count). The molecule has 28 heavy (non-hydrogen) atoms. The van der Waals surface area contributed by atoms with Crippen molar-refractivity contribution in [2.75, 3.05) is 5.73 Å². The topological polar surface area (TPSA) is 138 Å². The van der Waals surface area contributed by atoms with Crippen molar-refractivity contribution < 1.29 is 19.5 Å². The van der Waals surface area contributed by atoms with E-state index in [4.69, 9.17) is 5.73 Å². The molecular weight excluding hydrogens is 362 g/mol. The third-order valence-electron chi connectivity index (χ3n) is 4.92. The SMILES string of the molecule is CC1C=CC([C@@H](C)NC(=O)N2C(=O)[C@H](Cc3ccnc(N)c3)[C@H]2C(=O)O)=CN1. The number of aliphatic carboxylic acids is 1. The minimum Gasteiger partial charge on any atom is -0.480 e. The maximum Gasteiger partial charge on any atom is 0.327 e. The Morgan fingerprint density at radius 2 is 2.21 bits per heavy atom. The number of urea groups is 1. The van der Waals surface area contributed by atoms with Crippen molar-refractivity contribution in [1.29, 1.82) is 0 Å². The maximum atomic E-state index is 12.5. The second-order valence-electron chi connectivity index (χ2n) is 7.02. The van der Waals surface area contributed by atoms with Gasteiger partial charge in [-0.25, -0.2) is 19.5 Å². The summed E-state index contributed by atoms with van der Waals surface area (Å²) >= 11 is 0. The van der Waals surface area contributed by atoms with Crippen molar-refractivity contribution in [3.8, 4) is 0 Å². The molecule has 0 saturated carbocycles. The number of pyridine rings is 1. The van der Waals surface area contributed by atoms with Crippen LogP contribution in [0, 0.1) is 5.92 Å². The summed E-state index contributed by atoms with van der Waals surface area (Å²) in [6, 6.07) is 1.13. The van der Waals surface area contributed by atoms with Gasteiger partial charge >= 0.3 is 12.0 Å². The van der Waals surface area contributed by atoms with Crippen molar-refractivity contribution in [1.82, 2.24) is 20.5 Å². The van der Waals surface area contributed by atoms with Crippen LogP contribution in [0.4, 0.5) is 10.6 Å². The molecule has 1 fully saturated rings. The summed E-state index contributed by atoms with van der Waals surface area (Å²) in [7, 11) is 0. The number of nitrogens with zero attached hydrogens (tertiary/aromatic N) is 2. The first-order valence-electron chi connectivity index (χ1n) is 8.99. The van der Waals surface area contributed by atoms with E-state index in [9.17, 15) is 19.5 Å². The number of carbonyl (C=O) groups is 3. The quantitative estimate of drug-likeness (QED) is 0.546. The number of amides is 3. The minimum atomic E-state index is -1.22. The van der Waals surface area contributed by atoms with E-state index >= 15 is 0 Å². The number of carboxylic acid groups (broad SMARTS) is 1. The summed E-state index contributed by atoms with van der Waals surface area (Å²) in [5.41, 5.74) is 7.16. The molecule has 0 aromatic carbocycles. The molecule has 0 radical (unpaired) electrons. The average Bonchev–Trinajstić information content (AvgIpc) is 2.63. The van der Waals surface area contributed by atoms with Gasteiger partial charge in [-0.1, -0.05) is 12.2 Å². The highest BCUT2D eigenvalue weighted by Gasteiger charge is 2.54. The van der Waals surface area contributed by atoms with Crippen molar-refractivity contribution in [2.24, 2.45) is 5.92 Å². The lowest BCUT2D eigenvalue weighted by Crippen LogP contribution is -2.69. The summed E-state index contributed by atoms with van der Waals surface area (Å²) in [5.74, 6) is -2.28. The number of likely N-dealkylation sites (tertiary alicyclic amines) is 1. The lowest BCUT2D eigenvalue weighted by Gasteiger charge is -2.43. The zero-order valence-corrected chi connectivity index (χ0v) is 15.6. The zero-order chi connectivity index (χ0) is 20.4. The van der Waals surface area contributed by atoms with Crippen molar-refractivity contribution in [3.63, 3.8) is 0 Å². The summed E-state index contributed by atoms with van der Waals surface area (Å²) < 4.78 is 0. The Morgan fingerprint density at radius 1 is 1.46 bits per heavy atom. The highest BCUT2D eigenvalue weighted by atomic mass is 16.4. The van der Waals surface area contributed by atoms with Crippen LogP contribution < -0.4 is 16.4 Å². The predicted octanol–water partition coefficient (Wildman–Crippen LogP) is 0.648. The van der Waals surface area contributed by atoms with E-state index in [0.29, 0.717) is 5.56 Å². The highest BCUT2D eigenvalue weighted by Crippen LogP contribution is 2.31. The smallest absolute Gasteiger partial charge is 0.327 e. The van der Waals surface area contributed by atoms with Gasteiger partial charge in [-0.05, 0) is 43.5 Å². The molecule has 2 aliphatic heterocycles. The fourth-order valence-corrected chi connectivity index (χ4v) is 3.33. The van der Waals surface area contributed by atoms with Gasteiger partial charge in [0.25, 0.3) is 0 Å². The molecule has 0 spiro atoms. The number of carbonyl (C=O) groups excluding carboxylic acids is 2. The molecule has 1 aromatic heterocycles. The summed E-state index contributed by atoms with van der Waals surface area (Å²) in [6.45, 7) is 3.75. The number of imide groups is 1. The molecule has 3 amide bonds. The molecule has 9 nitrogen and oxygen atoms in total. The summed E-state index contributed by atoms with van der Waals surface area (Å²) in [5, 5.41) is 15.4. The standard InChI is InChI=1S/C19H23N5O4/c1-10-3-4-13(9-22-10)11(2)23-19(28)24-16(18(26)27)14(17(24)25)7-12-5-6-21-15(20)8-12/h3-6,8-11,14,16,22H,7H2,1-2H3,(H2,20,21)(H,23,28)(H,26,27)/t10?,11-,14-,16+/m1/s1. The number of nitrogens with one attached hydrogen (secondary N) is 2. The molecule has 2 aliphatic rings. The van der Waals surface area contributed by atoms with Gasteiger partial charge in [-0.3, -0.25) is 4.79 Å². The second kappa shape index (κ2) is 7.71. The summed E-state index contributed by atoms with van der Waals surface area (Å²) in [4.78, 5) is 41.4. The monoisotopic (exact) mass is 385 g/mol. The summed E-state index contributed by atoms with van der Waals surface area (Å²) in [6.07, 6.45) is 7.30. The molecule has 0 bridgehead atoms. The van der Waals surface area contributed by atoms with Gasteiger partial charge < -0.3 is 21.5 Å². The molecule has 5 N–H and O–H groups in total. The van der Waals surface area contributed by atoms with Crippen LogP contribution in [0.2, 0.25) is 0 Å². The van der Waals surface area contributed by atoms with E-state index in [-0.39, 0.29) is 24.3 Å². The van der Waals surface area contributed by atoms with Crippen LogP contribution >= 0.6 is 0 Å². The van der Waals surface area contributed by atoms with Gasteiger partial charge in [0.05, 0.1) is 12.0 Å². The lowest BCUT2D eigenvalue weighted by molar-refractivity contribution is -0.165. The van der Waals surface area contributed by atoms with Gasteiger partial charge in [-0.2, -0.15) is 0 Å². The Bertz CT molecular complexity index is 866. The Hall–Kier alpha value is -3.36. The van der Waals surface area contributed by atoms with Crippen molar-refractivity contribution in [2.45, 2.75) is 38.4 Å². The molecule has 0 aliphatic carbocycles. The van der Waals surface area contributed by atoms with Crippen LogP contribution in [0.5, 0.6) is 0 Å². The molecule has 1 unspecified atom stereocenters. The van der Waals surface area contributed by atoms with Crippen LogP contribution in [0.1, 0.15) is 19.4 Å². The average molecular weight is 385 g/mol. The van der Waals surface area contributed by atoms with Crippen LogP contribution in [0.15, 0.2) is 42.3 Å². The van der Waals surface area contributed by atoms with E-state index in [0.717, 1.165) is 10.5 Å². The number of β-lactam (4-membered cyclic amide) rings is 1. The Balaban J connectivity index is 1.68. The first-order valence-corrected chi connectivity index (χ1v) is 8.99. The van der Waals surface area contributed by atoms with Gasteiger partial charge in [0, 0.05) is 18.4 Å². The highest BCUT2D eigenvalue weighted by molar-refractivity contribution is 6.07. The molecule has 9 heteroatoms. The number of anilines is 1. The fraction of sp³-hybridized carbons (Fsp3) is 0.368. The Morgan fingerprint density at radius 3 is 2.82 bits per heavy atom. The van der Waals surface area contributed by atoms with Crippen LogP contribution in [0.3, 0.4) is 0 Å². The molecule has 1 saturated heterocycles. The molecule has 3 heterocycles. The van der Waals surface area contributed by atoms with E-state index in [1.807, 2.05) is 19.1 Å². The number of nitrogen functional groups attached to an aromatic ring is 1. The first-order chi connectivity index (χ1) is 13.3. The van der Waals surface area contributed by atoms with Crippen LogP contribution in [0.25, 0.3) is 0 Å². The van der Waals surface area contributed by atoms with Gasteiger partial charge in [-0.15, -0.1) is 0 Å². The molecule has 1 aromatic rings. The first kappa shape index (κ1) is 19.4. The van der Waals surface area contributed by atoms with E-state index in [2.05, 4.69) is 15.6 Å².